The molecule has 0 saturated carbocycles. The standard InChI is InChI=1S/C24H24N2O6S/c1-17(18-7-4-3-5-8-18)26-33(29,30)22-10-6-9-19(15-22)24(28)32-16-23(27)25-20-11-13-21(31-2)14-12-20/h3-15,17,26H,16H2,1-2H3,(H,25,27)/t17-/m1/s1. The molecule has 0 heterocycles. The van der Waals surface area contributed by atoms with Crippen molar-refractivity contribution < 1.29 is 27.5 Å². The number of carbonyl (C=O) groups is 2. The number of methoxy groups -OCH3 is 1. The number of anilines is 1. The monoisotopic (exact) mass is 468 g/mol. The van der Waals surface area contributed by atoms with Crippen molar-refractivity contribution in [1.29, 1.82) is 0 Å². The lowest BCUT2D eigenvalue weighted by molar-refractivity contribution is -0.119. The summed E-state index contributed by atoms with van der Waals surface area (Å²) in [7, 11) is -2.35. The van der Waals surface area contributed by atoms with Crippen LogP contribution in [-0.2, 0) is 19.6 Å². The van der Waals surface area contributed by atoms with Gasteiger partial charge in [-0.1, -0.05) is 36.4 Å². The van der Waals surface area contributed by atoms with Crippen molar-refractivity contribution in [3.63, 3.8) is 0 Å². The summed E-state index contributed by atoms with van der Waals surface area (Å²) in [5.41, 5.74) is 1.34. The second-order valence-electron chi connectivity index (χ2n) is 7.13. The van der Waals surface area contributed by atoms with Gasteiger partial charge in [-0.25, -0.2) is 17.9 Å². The van der Waals surface area contributed by atoms with Gasteiger partial charge in [0.05, 0.1) is 17.6 Å². The molecule has 33 heavy (non-hydrogen) atoms. The molecule has 0 aliphatic rings. The highest BCUT2D eigenvalue weighted by Gasteiger charge is 2.20. The number of sulfonamides is 1. The first-order chi connectivity index (χ1) is 15.8. The van der Waals surface area contributed by atoms with E-state index in [9.17, 15) is 18.0 Å². The highest BCUT2D eigenvalue weighted by Crippen LogP contribution is 2.18. The number of carbonyl (C=O) groups excluding carboxylic acids is 2. The van der Waals surface area contributed by atoms with Crippen molar-refractivity contribution in [2.45, 2.75) is 17.9 Å². The number of rotatable bonds is 9. The van der Waals surface area contributed by atoms with E-state index in [2.05, 4.69) is 10.0 Å². The Morgan fingerprint density at radius 3 is 2.30 bits per heavy atom. The van der Waals surface area contributed by atoms with Crippen LogP contribution in [-0.4, -0.2) is 34.0 Å². The smallest absolute Gasteiger partial charge is 0.338 e. The summed E-state index contributed by atoms with van der Waals surface area (Å²) in [6.07, 6.45) is 0. The zero-order valence-corrected chi connectivity index (χ0v) is 19.0. The predicted octanol–water partition coefficient (Wildman–Crippen LogP) is 3.53. The lowest BCUT2D eigenvalue weighted by Gasteiger charge is -2.15. The SMILES string of the molecule is COc1ccc(NC(=O)COC(=O)c2cccc(S(=O)(=O)N[C@H](C)c3ccccc3)c2)cc1. The second-order valence-corrected chi connectivity index (χ2v) is 8.85. The first-order valence-electron chi connectivity index (χ1n) is 10.1. The number of hydrogen-bond donors (Lipinski definition) is 2. The Hall–Kier alpha value is -3.69. The van der Waals surface area contributed by atoms with Gasteiger partial charge >= 0.3 is 5.97 Å². The van der Waals surface area contributed by atoms with Crippen LogP contribution in [0, 0.1) is 0 Å². The minimum atomic E-state index is -3.89. The highest BCUT2D eigenvalue weighted by atomic mass is 32.2. The normalized spacial score (nSPS) is 11.9. The zero-order chi connectivity index (χ0) is 23.8. The summed E-state index contributed by atoms with van der Waals surface area (Å²) in [6.45, 7) is 1.21. The summed E-state index contributed by atoms with van der Waals surface area (Å²) in [6, 6.07) is 20.8. The molecule has 3 aromatic rings. The van der Waals surface area contributed by atoms with E-state index in [1.165, 1.54) is 31.4 Å². The van der Waals surface area contributed by atoms with Gasteiger partial charge in [0.15, 0.2) is 6.61 Å². The summed E-state index contributed by atoms with van der Waals surface area (Å²) in [5, 5.41) is 2.60. The Morgan fingerprint density at radius 2 is 1.64 bits per heavy atom. The third-order valence-corrected chi connectivity index (χ3v) is 6.26. The number of esters is 1. The molecule has 0 fully saturated rings. The molecule has 0 unspecified atom stereocenters. The largest absolute Gasteiger partial charge is 0.497 e. The van der Waals surface area contributed by atoms with E-state index in [0.29, 0.717) is 11.4 Å². The van der Waals surface area contributed by atoms with Gasteiger partial charge in [0.25, 0.3) is 5.91 Å². The van der Waals surface area contributed by atoms with Crippen LogP contribution in [0.25, 0.3) is 0 Å². The third-order valence-electron chi connectivity index (χ3n) is 4.72. The van der Waals surface area contributed by atoms with Crippen LogP contribution in [0.5, 0.6) is 5.75 Å². The van der Waals surface area contributed by atoms with Crippen molar-refractivity contribution in [3.05, 3.63) is 90.0 Å². The minimum absolute atomic E-state index is 0.0162. The lowest BCUT2D eigenvalue weighted by Crippen LogP contribution is -2.27. The van der Waals surface area contributed by atoms with Crippen LogP contribution >= 0.6 is 0 Å². The van der Waals surface area contributed by atoms with E-state index in [1.54, 1.807) is 31.2 Å². The molecule has 3 rings (SSSR count). The number of benzene rings is 3. The number of amides is 1. The first-order valence-corrected chi connectivity index (χ1v) is 11.5. The van der Waals surface area contributed by atoms with Crippen molar-refractivity contribution in [3.8, 4) is 5.75 Å². The minimum Gasteiger partial charge on any atom is -0.497 e. The summed E-state index contributed by atoms with van der Waals surface area (Å²) in [4.78, 5) is 24.4. The maximum Gasteiger partial charge on any atom is 0.338 e. The van der Waals surface area contributed by atoms with Crippen LogP contribution in [0.1, 0.15) is 28.9 Å². The number of hydrogen-bond acceptors (Lipinski definition) is 6. The molecule has 9 heteroatoms. The molecule has 0 aliphatic heterocycles. The van der Waals surface area contributed by atoms with Gasteiger partial charge in [-0.3, -0.25) is 4.79 Å². The Balaban J connectivity index is 1.60. The van der Waals surface area contributed by atoms with Crippen molar-refractivity contribution in [2.75, 3.05) is 19.0 Å². The van der Waals surface area contributed by atoms with Crippen molar-refractivity contribution in [1.82, 2.24) is 4.72 Å². The van der Waals surface area contributed by atoms with E-state index in [-0.39, 0.29) is 10.5 Å². The molecule has 3 aromatic carbocycles. The molecule has 2 N–H and O–H groups in total. The molecule has 0 spiro atoms. The maximum absolute atomic E-state index is 12.8. The van der Waals surface area contributed by atoms with E-state index < -0.39 is 34.5 Å². The molecular weight excluding hydrogens is 444 g/mol. The van der Waals surface area contributed by atoms with Crippen LogP contribution in [0.15, 0.2) is 83.8 Å². The Morgan fingerprint density at radius 1 is 0.939 bits per heavy atom. The average Bonchev–Trinajstić information content (AvgIpc) is 2.83. The Labute approximate surface area is 192 Å². The molecular formula is C24H24N2O6S. The van der Waals surface area contributed by atoms with Gasteiger partial charge in [0.1, 0.15) is 5.75 Å². The average molecular weight is 469 g/mol. The van der Waals surface area contributed by atoms with E-state index >= 15 is 0 Å². The fourth-order valence-electron chi connectivity index (χ4n) is 2.99. The Kier molecular flexibility index (Phi) is 7.81. The van der Waals surface area contributed by atoms with Crippen molar-refractivity contribution in [2.24, 2.45) is 0 Å². The van der Waals surface area contributed by atoms with Crippen LogP contribution < -0.4 is 14.8 Å². The highest BCUT2D eigenvalue weighted by molar-refractivity contribution is 7.89. The molecule has 0 aliphatic carbocycles. The van der Waals surface area contributed by atoms with Crippen LogP contribution in [0.2, 0.25) is 0 Å². The van der Waals surface area contributed by atoms with Crippen LogP contribution in [0.3, 0.4) is 0 Å². The first kappa shape index (κ1) is 24.0. The summed E-state index contributed by atoms with van der Waals surface area (Å²) >= 11 is 0. The summed E-state index contributed by atoms with van der Waals surface area (Å²) < 4.78 is 38.2. The third kappa shape index (κ3) is 6.64. The van der Waals surface area contributed by atoms with Crippen molar-refractivity contribution >= 4 is 27.6 Å². The molecule has 172 valence electrons. The summed E-state index contributed by atoms with van der Waals surface area (Å²) in [5.74, 6) is -0.703. The van der Waals surface area contributed by atoms with Gasteiger partial charge in [-0.2, -0.15) is 0 Å². The van der Waals surface area contributed by atoms with Gasteiger partial charge in [-0.15, -0.1) is 0 Å². The molecule has 1 amide bonds. The van der Waals surface area contributed by atoms with E-state index in [1.807, 2.05) is 30.3 Å². The van der Waals surface area contributed by atoms with Crippen LogP contribution in [0.4, 0.5) is 5.69 Å². The van der Waals surface area contributed by atoms with E-state index in [4.69, 9.17) is 9.47 Å². The maximum atomic E-state index is 12.8. The molecule has 0 aromatic heterocycles. The Bertz CT molecular complexity index is 1210. The zero-order valence-electron chi connectivity index (χ0n) is 18.1. The van der Waals surface area contributed by atoms with Gasteiger partial charge in [0.2, 0.25) is 10.0 Å². The lowest BCUT2D eigenvalue weighted by atomic mass is 10.1. The number of nitrogens with one attached hydrogen (secondary N) is 2. The molecule has 8 nitrogen and oxygen atoms in total. The fourth-order valence-corrected chi connectivity index (χ4v) is 4.26. The number of ether oxygens (including phenoxy) is 2. The van der Waals surface area contributed by atoms with Gasteiger partial charge in [0, 0.05) is 11.7 Å². The quantitative estimate of drug-likeness (QED) is 0.465. The second kappa shape index (κ2) is 10.8. The van der Waals surface area contributed by atoms with E-state index in [0.717, 1.165) is 5.56 Å². The predicted molar refractivity (Wildman–Crippen MR) is 124 cm³/mol. The van der Waals surface area contributed by atoms with Gasteiger partial charge in [-0.05, 0) is 55.0 Å². The molecule has 0 bridgehead atoms. The topological polar surface area (TPSA) is 111 Å². The molecule has 0 saturated heterocycles. The fraction of sp³-hybridized carbons (Fsp3) is 0.167. The molecule has 0 radical (unpaired) electrons. The molecule has 1 atom stereocenters. The van der Waals surface area contributed by atoms with Gasteiger partial charge < -0.3 is 14.8 Å².